The van der Waals surface area contributed by atoms with Crippen molar-refractivity contribution in [1.29, 1.82) is 0 Å². The second-order valence-corrected chi connectivity index (χ2v) is 7.40. The van der Waals surface area contributed by atoms with E-state index in [9.17, 15) is 14.4 Å². The smallest absolute Gasteiger partial charge is 0.246 e. The third-order valence-corrected chi connectivity index (χ3v) is 5.48. The number of benzene rings is 2. The number of aromatic nitrogens is 1. The summed E-state index contributed by atoms with van der Waals surface area (Å²) in [4.78, 5) is 43.1. The Hall–Kier alpha value is -3.06. The Kier molecular flexibility index (Phi) is 4.68. The van der Waals surface area contributed by atoms with Gasteiger partial charge in [-0.3, -0.25) is 14.4 Å². The molecule has 1 aliphatic heterocycles. The van der Waals surface area contributed by atoms with E-state index in [2.05, 4.69) is 10.3 Å². The molecule has 1 aliphatic rings. The first-order valence-electron chi connectivity index (χ1n) is 8.64. The van der Waals surface area contributed by atoms with Crippen molar-refractivity contribution in [3.63, 3.8) is 0 Å². The molecule has 0 radical (unpaired) electrons. The summed E-state index contributed by atoms with van der Waals surface area (Å²) in [5.41, 5.74) is 1.85. The van der Waals surface area contributed by atoms with Gasteiger partial charge in [0.25, 0.3) is 0 Å². The van der Waals surface area contributed by atoms with Crippen molar-refractivity contribution >= 4 is 44.3 Å². The number of nitrogens with zero attached hydrogens (tertiary/aromatic N) is 2. The lowest BCUT2D eigenvalue weighted by Gasteiger charge is -2.15. The van der Waals surface area contributed by atoms with Crippen molar-refractivity contribution < 1.29 is 14.4 Å². The van der Waals surface area contributed by atoms with Crippen LogP contribution in [0, 0.1) is 5.92 Å². The minimum Gasteiger partial charge on any atom is -0.334 e. The minimum absolute atomic E-state index is 0.0242. The van der Waals surface area contributed by atoms with E-state index >= 15 is 0 Å². The van der Waals surface area contributed by atoms with Gasteiger partial charge in [-0.1, -0.05) is 53.8 Å². The van der Waals surface area contributed by atoms with E-state index in [1.54, 1.807) is 0 Å². The van der Waals surface area contributed by atoms with Crippen molar-refractivity contribution in [2.45, 2.75) is 6.42 Å². The Labute approximate surface area is 159 Å². The molecule has 3 aromatic rings. The van der Waals surface area contributed by atoms with Gasteiger partial charge in [0.1, 0.15) is 0 Å². The van der Waals surface area contributed by atoms with Crippen LogP contribution in [-0.4, -0.2) is 40.6 Å². The summed E-state index contributed by atoms with van der Waals surface area (Å²) in [5.74, 6) is -2.69. The average molecular weight is 379 g/mol. The molecule has 0 saturated carbocycles. The summed E-state index contributed by atoms with van der Waals surface area (Å²) in [5, 5.41) is 3.02. The molecule has 2 aromatic carbocycles. The van der Waals surface area contributed by atoms with Gasteiger partial charge in [-0.25, -0.2) is 4.98 Å². The summed E-state index contributed by atoms with van der Waals surface area (Å²) in [6.07, 6.45) is 0.645. The largest absolute Gasteiger partial charge is 0.334 e. The zero-order valence-electron chi connectivity index (χ0n) is 14.4. The van der Waals surface area contributed by atoms with E-state index in [1.807, 2.05) is 54.6 Å². The SMILES string of the molecule is O=C1CN(CCc2ccccc2)C(=O)C1C(=O)Nc1nc2ccccc2s1. The number of rotatable bonds is 5. The highest BCUT2D eigenvalue weighted by Gasteiger charge is 2.44. The van der Waals surface area contributed by atoms with Crippen LogP contribution in [0.15, 0.2) is 54.6 Å². The number of carbonyl (C=O) groups excluding carboxylic acids is 3. The molecule has 27 heavy (non-hydrogen) atoms. The van der Waals surface area contributed by atoms with Crippen LogP contribution in [0.1, 0.15) is 5.56 Å². The number of para-hydroxylation sites is 1. The van der Waals surface area contributed by atoms with Crippen molar-refractivity contribution in [2.24, 2.45) is 5.92 Å². The number of amides is 2. The molecule has 7 heteroatoms. The molecule has 4 rings (SSSR count). The Bertz CT molecular complexity index is 982. The summed E-state index contributed by atoms with van der Waals surface area (Å²) in [6, 6.07) is 17.2. The maximum atomic E-state index is 12.6. The van der Waals surface area contributed by atoms with Gasteiger partial charge < -0.3 is 10.2 Å². The van der Waals surface area contributed by atoms with Crippen molar-refractivity contribution in [2.75, 3.05) is 18.4 Å². The third-order valence-electron chi connectivity index (χ3n) is 4.53. The van der Waals surface area contributed by atoms with E-state index in [1.165, 1.54) is 16.2 Å². The Morgan fingerprint density at radius 1 is 1.11 bits per heavy atom. The van der Waals surface area contributed by atoms with Crippen LogP contribution in [0.25, 0.3) is 10.2 Å². The monoisotopic (exact) mass is 379 g/mol. The molecule has 6 nitrogen and oxygen atoms in total. The van der Waals surface area contributed by atoms with Gasteiger partial charge in [0.15, 0.2) is 16.8 Å². The lowest BCUT2D eigenvalue weighted by molar-refractivity contribution is -0.137. The minimum atomic E-state index is -1.28. The van der Waals surface area contributed by atoms with Crippen molar-refractivity contribution in [1.82, 2.24) is 9.88 Å². The molecule has 136 valence electrons. The molecule has 1 fully saturated rings. The number of nitrogens with one attached hydrogen (secondary N) is 1. The Balaban J connectivity index is 1.42. The number of likely N-dealkylation sites (tertiary alicyclic amines) is 1. The summed E-state index contributed by atoms with van der Waals surface area (Å²) >= 11 is 1.32. The van der Waals surface area contributed by atoms with E-state index in [4.69, 9.17) is 0 Å². The zero-order chi connectivity index (χ0) is 18.8. The number of thiazole rings is 1. The van der Waals surface area contributed by atoms with Gasteiger partial charge in [-0.2, -0.15) is 0 Å². The highest BCUT2D eigenvalue weighted by atomic mass is 32.1. The first-order valence-corrected chi connectivity index (χ1v) is 9.45. The Morgan fingerprint density at radius 3 is 2.63 bits per heavy atom. The van der Waals surface area contributed by atoms with Gasteiger partial charge in [-0.15, -0.1) is 0 Å². The zero-order valence-corrected chi connectivity index (χ0v) is 15.2. The third kappa shape index (κ3) is 3.59. The maximum Gasteiger partial charge on any atom is 0.246 e. The normalized spacial score (nSPS) is 16.9. The highest BCUT2D eigenvalue weighted by Crippen LogP contribution is 2.26. The highest BCUT2D eigenvalue weighted by molar-refractivity contribution is 7.22. The average Bonchev–Trinajstić information content (AvgIpc) is 3.20. The molecule has 0 spiro atoms. The van der Waals surface area contributed by atoms with Crippen LogP contribution in [-0.2, 0) is 20.8 Å². The summed E-state index contributed by atoms with van der Waals surface area (Å²) < 4.78 is 0.932. The van der Waals surface area contributed by atoms with Gasteiger partial charge in [0.05, 0.1) is 16.8 Å². The fraction of sp³-hybridized carbons (Fsp3) is 0.200. The maximum absolute atomic E-state index is 12.6. The number of fused-ring (bicyclic) bond motifs is 1. The molecule has 0 bridgehead atoms. The number of carbonyl (C=O) groups is 3. The molecule has 1 atom stereocenters. The first kappa shape index (κ1) is 17.4. The Morgan fingerprint density at radius 2 is 1.85 bits per heavy atom. The van der Waals surface area contributed by atoms with Crippen LogP contribution >= 0.6 is 11.3 Å². The van der Waals surface area contributed by atoms with E-state index in [0.717, 1.165) is 15.8 Å². The molecule has 1 aromatic heterocycles. The van der Waals surface area contributed by atoms with Crippen LogP contribution in [0.5, 0.6) is 0 Å². The lowest BCUT2D eigenvalue weighted by atomic mass is 10.1. The molecule has 2 heterocycles. The first-order chi connectivity index (χ1) is 13.1. The summed E-state index contributed by atoms with van der Waals surface area (Å²) in [7, 11) is 0. The number of ketones is 1. The van der Waals surface area contributed by atoms with Crippen molar-refractivity contribution in [3.05, 3.63) is 60.2 Å². The van der Waals surface area contributed by atoms with E-state index < -0.39 is 17.7 Å². The number of Topliss-reactive ketones (excluding diaryl/α,β-unsaturated/α-hetero) is 1. The predicted octanol–water partition coefficient (Wildman–Crippen LogP) is 2.51. The van der Waals surface area contributed by atoms with Crippen LogP contribution in [0.2, 0.25) is 0 Å². The van der Waals surface area contributed by atoms with E-state index in [-0.39, 0.29) is 12.3 Å². The second-order valence-electron chi connectivity index (χ2n) is 6.37. The molecular formula is C20H17N3O3S. The van der Waals surface area contributed by atoms with Crippen molar-refractivity contribution in [3.8, 4) is 0 Å². The number of hydrogen-bond donors (Lipinski definition) is 1. The predicted molar refractivity (Wildman–Crippen MR) is 103 cm³/mol. The molecule has 1 N–H and O–H groups in total. The standard InChI is InChI=1S/C20H17N3O3S/c24-15-12-23(11-10-13-6-2-1-3-7-13)19(26)17(15)18(25)22-20-21-14-8-4-5-9-16(14)27-20/h1-9,17H,10-12H2,(H,21,22,25). The van der Waals surface area contributed by atoms with Gasteiger partial charge in [0, 0.05) is 6.54 Å². The quantitative estimate of drug-likeness (QED) is 0.691. The number of hydrogen-bond acceptors (Lipinski definition) is 5. The van der Waals surface area contributed by atoms with Crippen LogP contribution in [0.4, 0.5) is 5.13 Å². The molecule has 2 amide bonds. The fourth-order valence-corrected chi connectivity index (χ4v) is 4.01. The summed E-state index contributed by atoms with van der Waals surface area (Å²) in [6.45, 7) is 0.392. The molecule has 0 aliphatic carbocycles. The lowest BCUT2D eigenvalue weighted by Crippen LogP contribution is -2.35. The van der Waals surface area contributed by atoms with Gasteiger partial charge in [0.2, 0.25) is 11.8 Å². The van der Waals surface area contributed by atoms with Crippen LogP contribution < -0.4 is 5.32 Å². The van der Waals surface area contributed by atoms with Gasteiger partial charge >= 0.3 is 0 Å². The van der Waals surface area contributed by atoms with Crippen LogP contribution in [0.3, 0.4) is 0 Å². The fourth-order valence-electron chi connectivity index (χ4n) is 3.14. The van der Waals surface area contributed by atoms with E-state index in [0.29, 0.717) is 18.1 Å². The topological polar surface area (TPSA) is 79.4 Å². The molecule has 1 unspecified atom stereocenters. The molecule has 1 saturated heterocycles. The molecular weight excluding hydrogens is 362 g/mol. The second kappa shape index (κ2) is 7.28. The van der Waals surface area contributed by atoms with Gasteiger partial charge in [-0.05, 0) is 24.1 Å². The number of anilines is 1.